The van der Waals surface area contributed by atoms with Crippen molar-refractivity contribution in [1.29, 1.82) is 0 Å². The zero-order valence-corrected chi connectivity index (χ0v) is 14.4. The maximum atomic E-state index is 11.7. The lowest BCUT2D eigenvalue weighted by Gasteiger charge is -2.19. The smallest absolute Gasteiger partial charge is 0.258 e. The number of Topliss-reactive ketones (excluding diaryl/α,β-unsaturated/α-hetero) is 1. The van der Waals surface area contributed by atoms with Gasteiger partial charge in [-0.05, 0) is 23.1 Å². The second-order valence-electron chi connectivity index (χ2n) is 7.51. The average Bonchev–Trinajstić information content (AvgIpc) is 2.40. The van der Waals surface area contributed by atoms with Crippen LogP contribution in [0.15, 0.2) is 24.3 Å². The van der Waals surface area contributed by atoms with Crippen molar-refractivity contribution < 1.29 is 14.3 Å². The topological polar surface area (TPSA) is 55.4 Å². The summed E-state index contributed by atoms with van der Waals surface area (Å²) in [5, 5.41) is 2.58. The van der Waals surface area contributed by atoms with E-state index in [1.54, 1.807) is 0 Å². The van der Waals surface area contributed by atoms with Crippen LogP contribution in [0.4, 0.5) is 0 Å². The molecule has 1 aromatic rings. The highest BCUT2D eigenvalue weighted by molar-refractivity contribution is 5.89. The third-order valence-electron chi connectivity index (χ3n) is 3.37. The molecule has 0 aliphatic carbocycles. The molecule has 22 heavy (non-hydrogen) atoms. The lowest BCUT2D eigenvalue weighted by atomic mass is 9.87. The molecule has 0 fully saturated rings. The van der Waals surface area contributed by atoms with Gasteiger partial charge in [0.25, 0.3) is 5.91 Å². The van der Waals surface area contributed by atoms with Crippen LogP contribution in [-0.4, -0.2) is 24.8 Å². The summed E-state index contributed by atoms with van der Waals surface area (Å²) in [6.07, 6.45) is 0. The highest BCUT2D eigenvalue weighted by Gasteiger charge is 2.21. The van der Waals surface area contributed by atoms with Crippen LogP contribution < -0.4 is 10.1 Å². The fraction of sp³-hybridized carbons (Fsp3) is 0.556. The molecule has 1 rings (SSSR count). The lowest BCUT2D eigenvalue weighted by Crippen LogP contribution is -2.37. The number of hydrogen-bond donors (Lipinski definition) is 1. The monoisotopic (exact) mass is 305 g/mol. The van der Waals surface area contributed by atoms with Crippen molar-refractivity contribution in [3.05, 3.63) is 29.8 Å². The van der Waals surface area contributed by atoms with Crippen LogP contribution in [0.25, 0.3) is 0 Å². The van der Waals surface area contributed by atoms with E-state index in [1.807, 2.05) is 45.0 Å². The van der Waals surface area contributed by atoms with E-state index in [0.29, 0.717) is 5.75 Å². The van der Waals surface area contributed by atoms with E-state index in [0.717, 1.165) is 0 Å². The number of benzene rings is 1. The van der Waals surface area contributed by atoms with Crippen molar-refractivity contribution in [2.75, 3.05) is 13.2 Å². The molecule has 4 heteroatoms. The molecule has 0 aliphatic rings. The summed E-state index contributed by atoms with van der Waals surface area (Å²) in [4.78, 5) is 23.4. The fourth-order valence-corrected chi connectivity index (χ4v) is 1.70. The van der Waals surface area contributed by atoms with Gasteiger partial charge in [0.05, 0.1) is 6.54 Å². The number of carbonyl (C=O) groups excluding carboxylic acids is 2. The number of carbonyl (C=O) groups is 2. The summed E-state index contributed by atoms with van der Waals surface area (Å²) in [6.45, 7) is 11.9. The summed E-state index contributed by atoms with van der Waals surface area (Å²) in [7, 11) is 0. The predicted molar refractivity (Wildman–Crippen MR) is 88.1 cm³/mol. The number of nitrogens with one attached hydrogen (secondary N) is 1. The molecule has 0 radical (unpaired) electrons. The van der Waals surface area contributed by atoms with Gasteiger partial charge in [0.2, 0.25) is 0 Å². The van der Waals surface area contributed by atoms with E-state index < -0.39 is 5.41 Å². The van der Waals surface area contributed by atoms with Crippen LogP contribution in [0, 0.1) is 5.41 Å². The van der Waals surface area contributed by atoms with Gasteiger partial charge in [-0.1, -0.05) is 53.7 Å². The van der Waals surface area contributed by atoms with Crippen molar-refractivity contribution in [2.45, 2.75) is 47.0 Å². The Morgan fingerprint density at radius 2 is 1.55 bits per heavy atom. The normalized spacial score (nSPS) is 11.9. The molecule has 0 saturated carbocycles. The summed E-state index contributed by atoms with van der Waals surface area (Å²) in [6, 6.07) is 7.70. The molecule has 0 spiro atoms. The predicted octanol–water partition coefficient (Wildman–Crippen LogP) is 3.09. The van der Waals surface area contributed by atoms with Gasteiger partial charge in [0.1, 0.15) is 5.75 Å². The van der Waals surface area contributed by atoms with E-state index in [4.69, 9.17) is 4.74 Å². The molecule has 0 unspecified atom stereocenters. The molecular weight excluding hydrogens is 278 g/mol. The van der Waals surface area contributed by atoms with Crippen LogP contribution in [0.5, 0.6) is 5.75 Å². The molecule has 0 aromatic heterocycles. The van der Waals surface area contributed by atoms with E-state index in [9.17, 15) is 9.59 Å². The molecule has 0 bridgehead atoms. The summed E-state index contributed by atoms with van der Waals surface area (Å²) < 4.78 is 5.43. The number of hydrogen-bond acceptors (Lipinski definition) is 3. The molecule has 0 aliphatic heterocycles. The first-order valence-corrected chi connectivity index (χ1v) is 7.53. The second-order valence-corrected chi connectivity index (χ2v) is 7.51. The standard InChI is InChI=1S/C18H27NO3/c1-17(2,3)13-7-9-14(10-8-13)22-12-16(21)19-11-15(20)18(4,5)6/h7-10H,11-12H2,1-6H3,(H,19,21). The minimum absolute atomic E-state index is 0.00428. The first-order chi connectivity index (χ1) is 10.00. The van der Waals surface area contributed by atoms with Crippen LogP contribution in [0.3, 0.4) is 0 Å². The van der Waals surface area contributed by atoms with Crippen molar-refractivity contribution in [2.24, 2.45) is 5.41 Å². The fourth-order valence-electron chi connectivity index (χ4n) is 1.70. The Hall–Kier alpha value is -1.84. The molecule has 122 valence electrons. The summed E-state index contributed by atoms with van der Waals surface area (Å²) in [5.74, 6) is 0.346. The zero-order valence-electron chi connectivity index (χ0n) is 14.4. The molecular formula is C18H27NO3. The first kappa shape index (κ1) is 18.2. The highest BCUT2D eigenvalue weighted by Crippen LogP contribution is 2.24. The van der Waals surface area contributed by atoms with Gasteiger partial charge in [-0.15, -0.1) is 0 Å². The van der Waals surface area contributed by atoms with Crippen molar-refractivity contribution in [3.63, 3.8) is 0 Å². The molecule has 1 N–H and O–H groups in total. The lowest BCUT2D eigenvalue weighted by molar-refractivity contribution is -0.129. The average molecular weight is 305 g/mol. The van der Waals surface area contributed by atoms with Gasteiger partial charge >= 0.3 is 0 Å². The molecule has 4 nitrogen and oxygen atoms in total. The van der Waals surface area contributed by atoms with Gasteiger partial charge in [0, 0.05) is 5.41 Å². The van der Waals surface area contributed by atoms with Crippen LogP contribution in [0.2, 0.25) is 0 Å². The van der Waals surface area contributed by atoms with Crippen molar-refractivity contribution in [1.82, 2.24) is 5.32 Å². The van der Waals surface area contributed by atoms with Gasteiger partial charge in [-0.3, -0.25) is 9.59 Å². The largest absolute Gasteiger partial charge is 0.484 e. The zero-order chi connectivity index (χ0) is 17.0. The molecule has 0 atom stereocenters. The Labute approximate surface area is 133 Å². The third kappa shape index (κ3) is 5.88. The molecule has 0 heterocycles. The number of amides is 1. The Kier molecular flexibility index (Phi) is 5.75. The Morgan fingerprint density at radius 1 is 1.00 bits per heavy atom. The quantitative estimate of drug-likeness (QED) is 0.909. The highest BCUT2D eigenvalue weighted by atomic mass is 16.5. The van der Waals surface area contributed by atoms with E-state index in [2.05, 4.69) is 26.1 Å². The third-order valence-corrected chi connectivity index (χ3v) is 3.37. The van der Waals surface area contributed by atoms with Crippen LogP contribution >= 0.6 is 0 Å². The molecule has 0 saturated heterocycles. The van der Waals surface area contributed by atoms with Gasteiger partial charge in [0.15, 0.2) is 12.4 Å². The Bertz CT molecular complexity index is 519. The number of ether oxygens (including phenoxy) is 1. The second kappa shape index (κ2) is 6.95. The molecule has 1 aromatic carbocycles. The maximum absolute atomic E-state index is 11.7. The van der Waals surface area contributed by atoms with E-state index >= 15 is 0 Å². The van der Waals surface area contributed by atoms with E-state index in [1.165, 1.54) is 5.56 Å². The maximum Gasteiger partial charge on any atom is 0.258 e. The number of ketones is 1. The first-order valence-electron chi connectivity index (χ1n) is 7.53. The van der Waals surface area contributed by atoms with Crippen molar-refractivity contribution >= 4 is 11.7 Å². The minimum atomic E-state index is -0.447. The Morgan fingerprint density at radius 3 is 2.00 bits per heavy atom. The van der Waals surface area contributed by atoms with Crippen molar-refractivity contribution in [3.8, 4) is 5.75 Å². The minimum Gasteiger partial charge on any atom is -0.484 e. The Balaban J connectivity index is 2.43. The summed E-state index contributed by atoms with van der Waals surface area (Å²) in [5.41, 5.74) is 0.847. The summed E-state index contributed by atoms with van der Waals surface area (Å²) >= 11 is 0. The van der Waals surface area contributed by atoms with Gasteiger partial charge < -0.3 is 10.1 Å². The SMILES string of the molecule is CC(C)(C)C(=O)CNC(=O)COc1ccc(C(C)(C)C)cc1. The van der Waals surface area contributed by atoms with Gasteiger partial charge in [-0.25, -0.2) is 0 Å². The number of rotatable bonds is 5. The van der Waals surface area contributed by atoms with Crippen LogP contribution in [0.1, 0.15) is 47.1 Å². The molecule has 1 amide bonds. The van der Waals surface area contributed by atoms with Gasteiger partial charge in [-0.2, -0.15) is 0 Å². The van der Waals surface area contributed by atoms with Crippen LogP contribution in [-0.2, 0) is 15.0 Å². The van der Waals surface area contributed by atoms with E-state index in [-0.39, 0.29) is 30.3 Å².